The summed E-state index contributed by atoms with van der Waals surface area (Å²) < 4.78 is 0. The molecule has 4 N–H and O–H groups in total. The number of aromatic nitrogens is 2. The van der Waals surface area contributed by atoms with Gasteiger partial charge in [0.05, 0.1) is 11.4 Å². The third kappa shape index (κ3) is 5.64. The molecule has 0 spiro atoms. The van der Waals surface area contributed by atoms with Gasteiger partial charge in [0.15, 0.2) is 0 Å². The molecule has 0 radical (unpaired) electrons. The van der Waals surface area contributed by atoms with E-state index in [0.717, 1.165) is 30.6 Å². The van der Waals surface area contributed by atoms with E-state index in [2.05, 4.69) is 48.5 Å². The molecule has 0 bridgehead atoms. The summed E-state index contributed by atoms with van der Waals surface area (Å²) in [6.07, 6.45) is 7.53. The highest BCUT2D eigenvalue weighted by atomic mass is 16.3. The quantitative estimate of drug-likeness (QED) is 0.541. The molecular weight excluding hydrogens is 362 g/mol. The molecule has 3 rings (SSSR count). The molecule has 1 aromatic heterocycles. The first-order valence-electron chi connectivity index (χ1n) is 10.0. The van der Waals surface area contributed by atoms with E-state index in [9.17, 15) is 5.11 Å². The second-order valence-electron chi connectivity index (χ2n) is 9.18. The minimum atomic E-state index is 0.120. The lowest BCUT2D eigenvalue weighted by molar-refractivity contribution is 0.128. The van der Waals surface area contributed by atoms with Gasteiger partial charge in [-0.05, 0) is 83.2 Å². The average molecular weight is 394 g/mol. The van der Waals surface area contributed by atoms with Gasteiger partial charge in [0.1, 0.15) is 5.75 Å². The molecule has 29 heavy (non-hydrogen) atoms. The second-order valence-corrected chi connectivity index (χ2v) is 9.18. The maximum atomic E-state index is 10.4. The van der Waals surface area contributed by atoms with Gasteiger partial charge in [-0.3, -0.25) is 0 Å². The van der Waals surface area contributed by atoms with Crippen LogP contribution in [0.2, 0.25) is 0 Å². The topological polar surface area (TPSA) is 93.9 Å². The third-order valence-corrected chi connectivity index (χ3v) is 5.21. The smallest absolute Gasteiger partial charge is 0.127 e. The molecule has 1 aliphatic heterocycles. The normalized spacial score (nSPS) is 18.6. The highest BCUT2D eigenvalue weighted by Crippen LogP contribution is 2.35. The van der Waals surface area contributed by atoms with Crippen molar-refractivity contribution in [3.05, 3.63) is 48.3 Å². The highest BCUT2D eigenvalue weighted by Gasteiger charge is 2.37. The Bertz CT molecular complexity index is 871. The molecule has 0 unspecified atom stereocenters. The lowest BCUT2D eigenvalue weighted by Crippen LogP contribution is -2.58. The lowest BCUT2D eigenvalue weighted by Gasteiger charge is -2.46. The number of piperidine rings is 1. The maximum Gasteiger partial charge on any atom is 0.127 e. The van der Waals surface area contributed by atoms with Crippen molar-refractivity contribution in [3.8, 4) is 17.0 Å². The van der Waals surface area contributed by atoms with E-state index in [1.165, 1.54) is 6.21 Å². The largest absolute Gasteiger partial charge is 0.507 e. The van der Waals surface area contributed by atoms with Crippen LogP contribution in [0.15, 0.2) is 42.6 Å². The first kappa shape index (κ1) is 21.0. The Morgan fingerprint density at radius 2 is 1.86 bits per heavy atom. The summed E-state index contributed by atoms with van der Waals surface area (Å²) in [5, 5.41) is 32.9. The number of phenols is 1. The molecule has 0 aliphatic carbocycles. The van der Waals surface area contributed by atoms with Gasteiger partial charge in [-0.2, -0.15) is 10.2 Å². The zero-order valence-electron chi connectivity index (χ0n) is 17.7. The fourth-order valence-electron chi connectivity index (χ4n) is 4.62. The highest BCUT2D eigenvalue weighted by molar-refractivity contribution is 5.71. The summed E-state index contributed by atoms with van der Waals surface area (Å²) in [6, 6.07) is 9.26. The Labute approximate surface area is 173 Å². The summed E-state index contributed by atoms with van der Waals surface area (Å²) >= 11 is 0. The summed E-state index contributed by atoms with van der Waals surface area (Å²) in [4.78, 5) is 0. The van der Waals surface area contributed by atoms with Crippen LogP contribution in [-0.2, 0) is 6.42 Å². The van der Waals surface area contributed by atoms with E-state index in [4.69, 9.17) is 5.41 Å². The molecule has 6 nitrogen and oxygen atoms in total. The summed E-state index contributed by atoms with van der Waals surface area (Å²) in [6.45, 7) is 9.05. The number of nitrogens with one attached hydrogen (secondary N) is 3. The molecule has 0 saturated carbocycles. The summed E-state index contributed by atoms with van der Waals surface area (Å²) in [7, 11) is 0. The van der Waals surface area contributed by atoms with Crippen LogP contribution in [-0.4, -0.2) is 32.6 Å². The van der Waals surface area contributed by atoms with E-state index in [1.54, 1.807) is 18.3 Å². The van der Waals surface area contributed by atoms with E-state index < -0.39 is 0 Å². The fourth-order valence-corrected chi connectivity index (χ4v) is 4.62. The number of aromatic hydroxyl groups is 1. The minimum absolute atomic E-state index is 0.120. The van der Waals surface area contributed by atoms with Crippen molar-refractivity contribution in [2.75, 3.05) is 5.32 Å². The van der Waals surface area contributed by atoms with Gasteiger partial charge in [-0.15, -0.1) is 0 Å². The average Bonchev–Trinajstić information content (AvgIpc) is 2.60. The first-order chi connectivity index (χ1) is 13.7. The second kappa shape index (κ2) is 8.33. The van der Waals surface area contributed by atoms with Crippen LogP contribution in [0.5, 0.6) is 5.75 Å². The van der Waals surface area contributed by atoms with E-state index in [-0.39, 0.29) is 16.8 Å². The number of hydrogen-bond donors (Lipinski definition) is 4. The number of anilines is 1. The molecule has 1 aromatic carbocycles. The number of benzene rings is 1. The van der Waals surface area contributed by atoms with Crippen LogP contribution in [0.25, 0.3) is 11.3 Å². The predicted octanol–water partition coefficient (Wildman–Crippen LogP) is 4.52. The van der Waals surface area contributed by atoms with Crippen LogP contribution >= 0.6 is 0 Å². The fraction of sp³-hybridized carbons (Fsp3) is 0.435. The maximum absolute atomic E-state index is 10.4. The van der Waals surface area contributed by atoms with Crippen LogP contribution in [0.4, 0.5) is 5.69 Å². The van der Waals surface area contributed by atoms with E-state index >= 15 is 0 Å². The molecule has 1 fully saturated rings. The molecular formula is C23H31N5O. The van der Waals surface area contributed by atoms with Gasteiger partial charge in [0.25, 0.3) is 0 Å². The van der Waals surface area contributed by atoms with E-state index in [1.807, 2.05) is 24.3 Å². The molecule has 154 valence electrons. The van der Waals surface area contributed by atoms with Crippen molar-refractivity contribution in [2.24, 2.45) is 5.92 Å². The zero-order valence-corrected chi connectivity index (χ0v) is 17.7. The Hall–Kier alpha value is -2.73. The van der Waals surface area contributed by atoms with Gasteiger partial charge in [-0.1, -0.05) is 0 Å². The number of phenolic OH excluding ortho intramolecular Hbond substituents is 1. The molecule has 1 saturated heterocycles. The zero-order chi connectivity index (χ0) is 21.1. The van der Waals surface area contributed by atoms with Crippen molar-refractivity contribution in [1.82, 2.24) is 15.5 Å². The van der Waals surface area contributed by atoms with E-state index in [0.29, 0.717) is 17.2 Å². The summed E-state index contributed by atoms with van der Waals surface area (Å²) in [5.74, 6) is 0.705. The molecule has 2 aromatic rings. The molecule has 1 aliphatic rings. The Morgan fingerprint density at radius 1 is 1.14 bits per heavy atom. The van der Waals surface area contributed by atoms with Gasteiger partial charge >= 0.3 is 0 Å². The predicted molar refractivity (Wildman–Crippen MR) is 118 cm³/mol. The van der Waals surface area contributed by atoms with Gasteiger partial charge in [0, 0.05) is 40.8 Å². The third-order valence-electron chi connectivity index (χ3n) is 5.21. The van der Waals surface area contributed by atoms with Gasteiger partial charge in [0.2, 0.25) is 0 Å². The van der Waals surface area contributed by atoms with Gasteiger partial charge in [-0.25, -0.2) is 0 Å². The number of allylic oxidation sites excluding steroid dienone is 1. The van der Waals surface area contributed by atoms with Crippen LogP contribution < -0.4 is 10.6 Å². The Morgan fingerprint density at radius 3 is 2.45 bits per heavy atom. The molecule has 0 atom stereocenters. The minimum Gasteiger partial charge on any atom is -0.507 e. The number of nitrogens with zero attached hydrogens (tertiary/aromatic N) is 2. The van der Waals surface area contributed by atoms with Crippen LogP contribution in [0.3, 0.4) is 0 Å². The number of hydrogen-bond acceptors (Lipinski definition) is 6. The monoisotopic (exact) mass is 393 g/mol. The Balaban J connectivity index is 1.70. The van der Waals surface area contributed by atoms with Crippen molar-refractivity contribution in [2.45, 2.75) is 58.0 Å². The lowest BCUT2D eigenvalue weighted by atomic mass is 9.74. The van der Waals surface area contributed by atoms with Crippen molar-refractivity contribution < 1.29 is 5.11 Å². The van der Waals surface area contributed by atoms with Crippen molar-refractivity contribution in [3.63, 3.8) is 0 Å². The molecule has 6 heteroatoms. The standard InChI is InChI=1S/C23H31N5O/c1-22(2)14-16(15-23(3,4)28-22)12-18-7-9-20(27-26-18)19-8-6-17(13-21(19)29)25-11-5-10-24/h5-11,13,16,24-25,28-29H,12,14-15H2,1-4H3/b11-5-,24-10?. The van der Waals surface area contributed by atoms with Gasteiger partial charge < -0.3 is 21.1 Å². The SMILES string of the molecule is CC1(C)CC(Cc2ccc(-c3ccc(N/C=C\C=N)cc3O)nn2)CC(C)(C)N1. The van der Waals surface area contributed by atoms with Crippen LogP contribution in [0.1, 0.15) is 46.2 Å². The molecule has 0 amide bonds. The number of rotatable bonds is 6. The van der Waals surface area contributed by atoms with Crippen molar-refractivity contribution >= 4 is 11.9 Å². The van der Waals surface area contributed by atoms with Crippen LogP contribution in [0, 0.1) is 11.3 Å². The molecule has 2 heterocycles. The summed E-state index contributed by atoms with van der Waals surface area (Å²) in [5.41, 5.74) is 3.27. The Kier molecular flexibility index (Phi) is 6.03. The first-order valence-corrected chi connectivity index (χ1v) is 10.0. The van der Waals surface area contributed by atoms with Crippen molar-refractivity contribution in [1.29, 1.82) is 5.41 Å².